The van der Waals surface area contributed by atoms with Crippen molar-refractivity contribution < 1.29 is 14.3 Å². The van der Waals surface area contributed by atoms with E-state index >= 15 is 0 Å². The van der Waals surface area contributed by atoms with E-state index in [1.165, 1.54) is 13.3 Å². The van der Waals surface area contributed by atoms with Gasteiger partial charge in [0.15, 0.2) is 5.82 Å². The minimum Gasteiger partial charge on any atom is -0.444 e. The first-order chi connectivity index (χ1) is 17.8. The van der Waals surface area contributed by atoms with Crippen molar-refractivity contribution in [2.45, 2.75) is 53.2 Å². The highest BCUT2D eigenvalue weighted by Crippen LogP contribution is 2.28. The molecule has 0 bridgehead atoms. The maximum absolute atomic E-state index is 13.4. The van der Waals surface area contributed by atoms with E-state index in [4.69, 9.17) is 4.74 Å². The maximum Gasteiger partial charge on any atom is 0.408 e. The zero-order valence-corrected chi connectivity index (χ0v) is 23.1. The third-order valence-electron chi connectivity index (χ3n) is 5.78. The third-order valence-corrected chi connectivity index (χ3v) is 5.78. The number of hydrazone groups is 1. The van der Waals surface area contributed by atoms with Crippen LogP contribution in [0.25, 0.3) is 27.6 Å². The van der Waals surface area contributed by atoms with Gasteiger partial charge in [-0.05, 0) is 70.2 Å². The fraction of sp³-hybridized carbons (Fsp3) is 0.357. The van der Waals surface area contributed by atoms with E-state index in [0.29, 0.717) is 34.5 Å². The van der Waals surface area contributed by atoms with Crippen LogP contribution < -0.4 is 10.9 Å². The number of ether oxygens (including phenoxy) is 1. The molecule has 0 aliphatic heterocycles. The second kappa shape index (κ2) is 11.4. The first-order valence-corrected chi connectivity index (χ1v) is 12.2. The van der Waals surface area contributed by atoms with Crippen LogP contribution >= 0.6 is 0 Å². The van der Waals surface area contributed by atoms with Gasteiger partial charge < -0.3 is 14.6 Å². The van der Waals surface area contributed by atoms with E-state index in [1.807, 2.05) is 39.0 Å². The van der Waals surface area contributed by atoms with Crippen LogP contribution in [0.4, 0.5) is 4.79 Å². The summed E-state index contributed by atoms with van der Waals surface area (Å²) in [5, 5.41) is 9.30. The molecule has 0 radical (unpaired) electrons. The normalized spacial score (nSPS) is 13.0. The number of carbonyl (C=O) groups is 2. The van der Waals surface area contributed by atoms with Gasteiger partial charge in [-0.15, -0.1) is 0 Å². The van der Waals surface area contributed by atoms with Crippen molar-refractivity contribution in [1.29, 1.82) is 0 Å². The fourth-order valence-corrected chi connectivity index (χ4v) is 3.94. The number of hydrogen-bond donors (Lipinski definition) is 1. The number of pyridine rings is 1. The van der Waals surface area contributed by atoms with Gasteiger partial charge in [0.05, 0.1) is 18.0 Å². The van der Waals surface area contributed by atoms with Crippen molar-refractivity contribution >= 4 is 35.1 Å². The molecule has 0 unspecified atom stereocenters. The van der Waals surface area contributed by atoms with Crippen LogP contribution in [0.3, 0.4) is 0 Å². The Labute approximate surface area is 222 Å². The Morgan fingerprint density at radius 3 is 2.42 bits per heavy atom. The molecule has 3 rings (SSSR count). The van der Waals surface area contributed by atoms with Crippen LogP contribution in [0.5, 0.6) is 0 Å². The maximum atomic E-state index is 13.4. The SMILES string of the molecule is C/C=C(\C=N/N(C)C=O)c1ncc(-c2cc3c([C@@H](C)NC(=O)OC(C)(C)C)cc(C)cc3c(=O)n2C)cn1. The predicted molar refractivity (Wildman–Crippen MR) is 149 cm³/mol. The number of rotatable bonds is 7. The number of hydrogen-bond acceptors (Lipinski definition) is 7. The zero-order chi connectivity index (χ0) is 28.2. The number of nitrogens with one attached hydrogen (secondary N) is 1. The molecule has 1 aromatic carbocycles. The molecule has 0 aliphatic rings. The van der Waals surface area contributed by atoms with Gasteiger partial charge in [0.25, 0.3) is 5.56 Å². The first kappa shape index (κ1) is 28.2. The summed E-state index contributed by atoms with van der Waals surface area (Å²) in [4.78, 5) is 45.6. The summed E-state index contributed by atoms with van der Waals surface area (Å²) in [5.74, 6) is 0.427. The Bertz CT molecular complexity index is 1470. The molecule has 10 heteroatoms. The topological polar surface area (TPSA) is 119 Å². The average molecular weight is 519 g/mol. The second-order valence-corrected chi connectivity index (χ2v) is 10.0. The van der Waals surface area contributed by atoms with Crippen LogP contribution in [0, 0.1) is 6.92 Å². The molecular formula is C28H34N6O4. The highest BCUT2D eigenvalue weighted by Gasteiger charge is 2.21. The van der Waals surface area contributed by atoms with Gasteiger partial charge >= 0.3 is 6.09 Å². The largest absolute Gasteiger partial charge is 0.444 e. The quantitative estimate of drug-likeness (QED) is 0.282. The molecule has 2 heterocycles. The molecule has 10 nitrogen and oxygen atoms in total. The van der Waals surface area contributed by atoms with Crippen LogP contribution in [-0.2, 0) is 16.6 Å². The summed E-state index contributed by atoms with van der Waals surface area (Å²) in [5.41, 5.74) is 2.81. The summed E-state index contributed by atoms with van der Waals surface area (Å²) in [7, 11) is 3.23. The molecule has 1 atom stereocenters. The van der Waals surface area contributed by atoms with E-state index in [1.54, 1.807) is 50.9 Å². The lowest BCUT2D eigenvalue weighted by Gasteiger charge is -2.23. The fourth-order valence-electron chi connectivity index (χ4n) is 3.94. The summed E-state index contributed by atoms with van der Waals surface area (Å²) in [6.45, 7) is 11.0. The smallest absolute Gasteiger partial charge is 0.408 e. The Morgan fingerprint density at radius 1 is 1.18 bits per heavy atom. The van der Waals surface area contributed by atoms with Crippen LogP contribution in [0.2, 0.25) is 0 Å². The molecular weight excluding hydrogens is 484 g/mol. The monoisotopic (exact) mass is 518 g/mol. The van der Waals surface area contributed by atoms with E-state index < -0.39 is 17.7 Å². The molecule has 1 N–H and O–H groups in total. The van der Waals surface area contributed by atoms with Crippen molar-refractivity contribution in [1.82, 2.24) is 24.9 Å². The highest BCUT2D eigenvalue weighted by molar-refractivity contribution is 6.08. The third kappa shape index (κ3) is 6.50. The van der Waals surface area contributed by atoms with Crippen LogP contribution in [-0.4, -0.2) is 50.9 Å². The van der Waals surface area contributed by atoms with E-state index in [9.17, 15) is 14.4 Å². The van der Waals surface area contributed by atoms with Gasteiger partial charge in [0, 0.05) is 43.0 Å². The lowest BCUT2D eigenvalue weighted by Crippen LogP contribution is -2.34. The molecule has 0 spiro atoms. The molecule has 2 aromatic heterocycles. The summed E-state index contributed by atoms with van der Waals surface area (Å²) in [6, 6.07) is 5.31. The number of amides is 2. The van der Waals surface area contributed by atoms with Gasteiger partial charge in [-0.2, -0.15) is 5.10 Å². The van der Waals surface area contributed by atoms with Gasteiger partial charge in [-0.25, -0.2) is 19.8 Å². The highest BCUT2D eigenvalue weighted by atomic mass is 16.6. The number of nitrogens with zero attached hydrogens (tertiary/aromatic N) is 5. The molecule has 2 amide bonds. The lowest BCUT2D eigenvalue weighted by molar-refractivity contribution is -0.116. The summed E-state index contributed by atoms with van der Waals surface area (Å²) < 4.78 is 6.98. The van der Waals surface area contributed by atoms with Crippen molar-refractivity contribution in [3.8, 4) is 11.3 Å². The minimum absolute atomic E-state index is 0.172. The number of aryl methyl sites for hydroxylation is 1. The molecule has 0 saturated carbocycles. The molecule has 3 aromatic rings. The molecule has 200 valence electrons. The van der Waals surface area contributed by atoms with Crippen molar-refractivity contribution in [2.75, 3.05) is 7.05 Å². The van der Waals surface area contributed by atoms with Gasteiger partial charge in [-0.1, -0.05) is 12.1 Å². The molecule has 38 heavy (non-hydrogen) atoms. The number of carbonyl (C=O) groups excluding carboxylic acids is 2. The van der Waals surface area contributed by atoms with Gasteiger partial charge in [0.1, 0.15) is 5.60 Å². The number of benzene rings is 1. The predicted octanol–water partition coefficient (Wildman–Crippen LogP) is 4.37. The first-order valence-electron chi connectivity index (χ1n) is 12.2. The second-order valence-electron chi connectivity index (χ2n) is 10.0. The summed E-state index contributed by atoms with van der Waals surface area (Å²) >= 11 is 0. The van der Waals surface area contributed by atoms with E-state index in [2.05, 4.69) is 20.4 Å². The lowest BCUT2D eigenvalue weighted by atomic mass is 9.96. The zero-order valence-electron chi connectivity index (χ0n) is 23.1. The Morgan fingerprint density at radius 2 is 1.84 bits per heavy atom. The van der Waals surface area contributed by atoms with Crippen molar-refractivity contribution in [2.24, 2.45) is 12.1 Å². The van der Waals surface area contributed by atoms with Crippen LogP contribution in [0.15, 0.2) is 46.6 Å². The van der Waals surface area contributed by atoms with Gasteiger partial charge in [0.2, 0.25) is 6.41 Å². The minimum atomic E-state index is -0.628. The Balaban J connectivity index is 2.06. The molecule has 0 saturated heterocycles. The van der Waals surface area contributed by atoms with Crippen molar-refractivity contribution in [3.05, 3.63) is 64.0 Å². The number of fused-ring (bicyclic) bond motifs is 1. The Hall–Kier alpha value is -4.34. The summed E-state index contributed by atoms with van der Waals surface area (Å²) in [6.07, 6.45) is 6.63. The number of aromatic nitrogens is 3. The molecule has 0 aliphatic carbocycles. The molecule has 0 fully saturated rings. The van der Waals surface area contributed by atoms with Gasteiger partial charge in [-0.3, -0.25) is 9.59 Å². The standard InChI is InChI=1S/C28H34N6O4/c1-9-19(15-31-33(7)16-35)25-29-13-20(14-30-25)24-12-22-21(18(3)32-27(37)38-28(4,5)6)10-17(2)11-23(22)26(36)34(24)8/h9-16,18H,1-8H3,(H,32,37)/b19-9+,31-15-/t18-/m1/s1. The van der Waals surface area contributed by atoms with Crippen molar-refractivity contribution in [3.63, 3.8) is 0 Å². The number of alkyl carbamates (subject to hydrolysis) is 1. The van der Waals surface area contributed by atoms with E-state index in [0.717, 1.165) is 21.5 Å². The van der Waals surface area contributed by atoms with Crippen LogP contribution in [0.1, 0.15) is 57.6 Å². The average Bonchev–Trinajstić information content (AvgIpc) is 2.85. The van der Waals surface area contributed by atoms with E-state index in [-0.39, 0.29) is 5.56 Å². The number of allylic oxidation sites excluding steroid dienone is 2. The Kier molecular flexibility index (Phi) is 8.45.